The van der Waals surface area contributed by atoms with Gasteiger partial charge in [0.1, 0.15) is 30.3 Å². The van der Waals surface area contributed by atoms with Gasteiger partial charge >= 0.3 is 5.97 Å². The average molecular weight is 456 g/mol. The number of nitrogen functional groups attached to an aromatic ring is 1. The molecule has 13 heteroatoms. The monoisotopic (exact) mass is 455 g/mol. The maximum atomic E-state index is 12.8. The number of nitrogens with two attached hydrogens (primary N) is 1. The number of nitrogens with zero attached hydrogens (tertiary/aromatic N) is 3. The van der Waals surface area contributed by atoms with E-state index in [1.165, 1.54) is 23.8 Å². The van der Waals surface area contributed by atoms with Crippen LogP contribution in [0, 0.1) is 5.92 Å². The third-order valence-corrected chi connectivity index (χ3v) is 7.48. The molecular weight excluding hydrogens is 434 g/mol. The molecule has 1 aromatic heterocycles. The van der Waals surface area contributed by atoms with Crippen LogP contribution in [0.1, 0.15) is 18.5 Å². The fraction of sp³-hybridized carbons (Fsp3) is 0.588. The van der Waals surface area contributed by atoms with E-state index in [1.807, 2.05) is 0 Å². The van der Waals surface area contributed by atoms with Crippen molar-refractivity contribution in [3.63, 3.8) is 0 Å². The second kappa shape index (κ2) is 8.40. The highest BCUT2D eigenvalue weighted by Crippen LogP contribution is 2.43. The Hall–Kier alpha value is -2.38. The van der Waals surface area contributed by atoms with Gasteiger partial charge in [-0.3, -0.25) is 9.59 Å². The summed E-state index contributed by atoms with van der Waals surface area (Å²) in [5.41, 5.74) is 5.75. The molecule has 0 aliphatic carbocycles. The summed E-state index contributed by atoms with van der Waals surface area (Å²) in [7, 11) is 1.29. The van der Waals surface area contributed by atoms with Gasteiger partial charge in [-0.1, -0.05) is 5.16 Å². The Morgan fingerprint density at radius 3 is 2.90 bits per heavy atom. The van der Waals surface area contributed by atoms with E-state index < -0.39 is 35.2 Å². The molecule has 4 heterocycles. The summed E-state index contributed by atoms with van der Waals surface area (Å²) in [6, 6.07) is -1.82. The van der Waals surface area contributed by atoms with Crippen LogP contribution in [-0.2, 0) is 24.0 Å². The lowest BCUT2D eigenvalue weighted by Gasteiger charge is -2.54. The molecule has 0 bridgehead atoms. The lowest BCUT2D eigenvalue weighted by atomic mass is 9.88. The molecule has 3 aliphatic heterocycles. The summed E-state index contributed by atoms with van der Waals surface area (Å²) in [5.74, 6) is -1.89. The van der Waals surface area contributed by atoms with Gasteiger partial charge in [0.15, 0.2) is 10.8 Å². The Bertz CT molecular complexity index is 886. The first-order chi connectivity index (χ1) is 14.4. The number of carboxylic acids is 1. The van der Waals surface area contributed by atoms with Crippen molar-refractivity contribution in [3.05, 3.63) is 11.1 Å². The number of carbonyl (C=O) groups is 3. The van der Waals surface area contributed by atoms with Gasteiger partial charge in [0.2, 0.25) is 5.91 Å². The van der Waals surface area contributed by atoms with E-state index in [0.29, 0.717) is 12.4 Å². The van der Waals surface area contributed by atoms with Crippen LogP contribution < -0.4 is 11.1 Å². The number of aliphatic carboxylic acids is 1. The number of carboxylic acid groups (broad SMARTS) is 1. The zero-order valence-electron chi connectivity index (χ0n) is 16.0. The van der Waals surface area contributed by atoms with Gasteiger partial charge in [0, 0.05) is 23.7 Å². The van der Waals surface area contributed by atoms with E-state index in [2.05, 4.69) is 15.5 Å². The van der Waals surface area contributed by atoms with Crippen LogP contribution in [0.4, 0.5) is 5.13 Å². The van der Waals surface area contributed by atoms with Crippen molar-refractivity contribution >= 4 is 51.7 Å². The number of nitrogens with one attached hydrogen (secondary N) is 1. The molecule has 0 radical (unpaired) electrons. The van der Waals surface area contributed by atoms with E-state index in [-0.39, 0.29) is 28.6 Å². The average Bonchev–Trinajstić information content (AvgIpc) is 3.40. The number of anilines is 1. The number of carbonyl (C=O) groups excluding carboxylic acids is 2. The summed E-state index contributed by atoms with van der Waals surface area (Å²) in [6.45, 7) is 0.608. The number of β-lactam (4-membered cyclic amide) rings is 1. The quantitative estimate of drug-likeness (QED) is 0.298. The Morgan fingerprint density at radius 1 is 1.50 bits per heavy atom. The van der Waals surface area contributed by atoms with Crippen molar-refractivity contribution in [1.82, 2.24) is 15.2 Å². The van der Waals surface area contributed by atoms with Gasteiger partial charge in [-0.05, 0) is 12.8 Å². The van der Waals surface area contributed by atoms with E-state index in [1.54, 1.807) is 5.38 Å². The zero-order chi connectivity index (χ0) is 21.4. The number of hydrogen-bond acceptors (Lipinski definition) is 10. The highest BCUT2D eigenvalue weighted by atomic mass is 32.2. The Balaban J connectivity index is 1.48. The van der Waals surface area contributed by atoms with E-state index in [4.69, 9.17) is 15.3 Å². The third-order valence-electron chi connectivity index (χ3n) is 5.39. The number of hydrogen-bond donors (Lipinski definition) is 3. The number of rotatable bonds is 6. The van der Waals surface area contributed by atoms with Crippen LogP contribution >= 0.6 is 23.1 Å². The van der Waals surface area contributed by atoms with Gasteiger partial charge in [-0.25, -0.2) is 9.78 Å². The van der Waals surface area contributed by atoms with Crippen LogP contribution in [0.5, 0.6) is 0 Å². The standard InChI is InChI=1S/C17H21N5O6S2/c1-27-21-10(8-6-30-17(18)19-8)13(23)20-11-14(24)22-12(16(25)26)7(5-29-15(11)22)9-3-2-4-28-9/h6-7,9,11-12,15H,2-5H2,1H3,(H2,18,19)(H,20,23)(H,25,26)/b21-10+/t7?,9-,11+,12?,15+/m0/s1. The highest BCUT2D eigenvalue weighted by molar-refractivity contribution is 8.00. The van der Waals surface area contributed by atoms with Gasteiger partial charge in [0.25, 0.3) is 5.91 Å². The number of ether oxygens (including phenoxy) is 1. The lowest BCUT2D eigenvalue weighted by Crippen LogP contribution is -2.76. The van der Waals surface area contributed by atoms with Gasteiger partial charge in [0.05, 0.1) is 6.10 Å². The molecule has 30 heavy (non-hydrogen) atoms. The Labute approximate surface area is 180 Å². The number of amides is 2. The second-order valence-electron chi connectivity index (χ2n) is 7.11. The Kier molecular flexibility index (Phi) is 5.84. The summed E-state index contributed by atoms with van der Waals surface area (Å²) in [5, 5.41) is 17.5. The predicted molar refractivity (Wildman–Crippen MR) is 109 cm³/mol. The van der Waals surface area contributed by atoms with Gasteiger partial charge in [-0.2, -0.15) is 0 Å². The lowest BCUT2D eigenvalue weighted by molar-refractivity contribution is -0.167. The van der Waals surface area contributed by atoms with Crippen molar-refractivity contribution in [3.8, 4) is 0 Å². The fourth-order valence-electron chi connectivity index (χ4n) is 4.05. The largest absolute Gasteiger partial charge is 0.480 e. The minimum Gasteiger partial charge on any atom is -0.480 e. The number of thioether (sulfide) groups is 1. The molecule has 162 valence electrons. The SMILES string of the molecule is CO/N=C(/C(=O)N[C@@H]1C(=O)N2C(C(=O)O)C([C@@H]3CCCO3)CS[C@H]12)c1csc(N)n1. The molecule has 2 unspecified atom stereocenters. The van der Waals surface area contributed by atoms with Gasteiger partial charge < -0.3 is 30.6 Å². The third kappa shape index (κ3) is 3.61. The second-order valence-corrected chi connectivity index (χ2v) is 9.15. The zero-order valence-corrected chi connectivity index (χ0v) is 17.6. The first-order valence-electron chi connectivity index (χ1n) is 9.34. The summed E-state index contributed by atoms with van der Waals surface area (Å²) in [6.07, 6.45) is 1.50. The van der Waals surface area contributed by atoms with E-state index >= 15 is 0 Å². The molecule has 4 N–H and O–H groups in total. The van der Waals surface area contributed by atoms with Crippen LogP contribution in [0.2, 0.25) is 0 Å². The molecule has 0 aromatic carbocycles. The van der Waals surface area contributed by atoms with Crippen LogP contribution in [0.15, 0.2) is 10.5 Å². The number of fused-ring (bicyclic) bond motifs is 1. The van der Waals surface area contributed by atoms with E-state index in [0.717, 1.165) is 24.2 Å². The molecular formula is C17H21N5O6S2. The molecule has 1 aromatic rings. The molecule has 2 amide bonds. The van der Waals surface area contributed by atoms with Crippen molar-refractivity contribution in [2.75, 3.05) is 25.2 Å². The van der Waals surface area contributed by atoms with Crippen molar-refractivity contribution < 1.29 is 29.1 Å². The summed E-state index contributed by atoms with van der Waals surface area (Å²) in [4.78, 5) is 47.6. The molecule has 3 fully saturated rings. The van der Waals surface area contributed by atoms with Crippen LogP contribution in [0.25, 0.3) is 0 Å². The first kappa shape index (κ1) is 20.9. The molecule has 0 spiro atoms. The normalized spacial score (nSPS) is 31.1. The smallest absolute Gasteiger partial charge is 0.326 e. The minimum atomic E-state index is -1.06. The first-order valence-corrected chi connectivity index (χ1v) is 11.3. The van der Waals surface area contributed by atoms with Crippen molar-refractivity contribution in [2.45, 2.75) is 36.4 Å². The van der Waals surface area contributed by atoms with Gasteiger partial charge in [-0.15, -0.1) is 23.1 Å². The molecule has 4 rings (SSSR count). The van der Waals surface area contributed by atoms with Crippen molar-refractivity contribution in [1.29, 1.82) is 0 Å². The molecule has 0 saturated carbocycles. The maximum Gasteiger partial charge on any atom is 0.326 e. The van der Waals surface area contributed by atoms with E-state index in [9.17, 15) is 19.5 Å². The molecule has 3 saturated heterocycles. The Morgan fingerprint density at radius 2 is 2.30 bits per heavy atom. The number of aromatic nitrogens is 1. The van der Waals surface area contributed by atoms with Crippen molar-refractivity contribution in [2.24, 2.45) is 11.1 Å². The minimum absolute atomic E-state index is 0.107. The molecule has 11 nitrogen and oxygen atoms in total. The number of thiazole rings is 1. The summed E-state index contributed by atoms with van der Waals surface area (Å²) < 4.78 is 5.69. The molecule has 3 aliphatic rings. The number of oxime groups is 1. The fourth-order valence-corrected chi connectivity index (χ4v) is 6.19. The topological polar surface area (TPSA) is 156 Å². The maximum absolute atomic E-state index is 12.8. The highest BCUT2D eigenvalue weighted by Gasteiger charge is 2.59. The molecule has 5 atom stereocenters. The van der Waals surface area contributed by atoms with Crippen LogP contribution in [0.3, 0.4) is 0 Å². The predicted octanol–water partition coefficient (Wildman–Crippen LogP) is -0.276. The van der Waals surface area contributed by atoms with Crippen LogP contribution in [-0.4, -0.2) is 81.5 Å². The summed E-state index contributed by atoms with van der Waals surface area (Å²) >= 11 is 2.59.